The fraction of sp³-hybridized carbons (Fsp3) is 0.407. The molecule has 0 saturated heterocycles. The van der Waals surface area contributed by atoms with Crippen LogP contribution < -0.4 is 0 Å². The molecule has 138 valence electrons. The van der Waals surface area contributed by atoms with Crippen molar-refractivity contribution in [2.24, 2.45) is 11.8 Å². The number of rotatable bonds is 1. The van der Waals surface area contributed by atoms with Crippen LogP contribution in [0.2, 0.25) is 0 Å². The summed E-state index contributed by atoms with van der Waals surface area (Å²) in [5.41, 5.74) is 14.9. The van der Waals surface area contributed by atoms with Crippen molar-refractivity contribution in [2.75, 3.05) is 0 Å². The van der Waals surface area contributed by atoms with E-state index in [9.17, 15) is 0 Å². The van der Waals surface area contributed by atoms with Crippen molar-refractivity contribution in [1.82, 2.24) is 0 Å². The van der Waals surface area contributed by atoms with Crippen LogP contribution >= 0.6 is 0 Å². The van der Waals surface area contributed by atoms with Crippen LogP contribution in [0, 0.1) is 25.7 Å². The molecule has 0 nitrogen and oxygen atoms in total. The monoisotopic (exact) mass is 354 g/mol. The van der Waals surface area contributed by atoms with Gasteiger partial charge >= 0.3 is 0 Å². The van der Waals surface area contributed by atoms with Gasteiger partial charge in [0.1, 0.15) is 0 Å². The van der Waals surface area contributed by atoms with E-state index in [4.69, 9.17) is 0 Å². The number of benzene rings is 1. The van der Waals surface area contributed by atoms with Crippen LogP contribution in [0.4, 0.5) is 0 Å². The first-order chi connectivity index (χ1) is 13.0. The molecular formula is C27H30. The molecule has 5 rings (SSSR count). The van der Waals surface area contributed by atoms with Crippen LogP contribution in [0.3, 0.4) is 0 Å². The van der Waals surface area contributed by atoms with Gasteiger partial charge in [0, 0.05) is 5.92 Å². The van der Waals surface area contributed by atoms with E-state index in [1.165, 1.54) is 58.3 Å². The first kappa shape index (κ1) is 17.0. The van der Waals surface area contributed by atoms with Gasteiger partial charge in [-0.15, -0.1) is 0 Å². The van der Waals surface area contributed by atoms with Crippen LogP contribution in [0.15, 0.2) is 59.2 Å². The Morgan fingerprint density at radius 1 is 1.04 bits per heavy atom. The van der Waals surface area contributed by atoms with Gasteiger partial charge in [0.25, 0.3) is 0 Å². The third kappa shape index (κ3) is 2.42. The normalized spacial score (nSPS) is 28.7. The van der Waals surface area contributed by atoms with Gasteiger partial charge in [-0.1, -0.05) is 49.4 Å². The number of aryl methyl sites for hydroxylation is 2. The molecular weight excluding hydrogens is 324 g/mol. The molecule has 0 radical (unpaired) electrons. The van der Waals surface area contributed by atoms with Gasteiger partial charge in [-0.3, -0.25) is 0 Å². The lowest BCUT2D eigenvalue weighted by atomic mass is 9.63. The van der Waals surface area contributed by atoms with E-state index in [1.807, 2.05) is 0 Å². The molecule has 1 saturated carbocycles. The summed E-state index contributed by atoms with van der Waals surface area (Å²) in [7, 11) is 0. The molecule has 0 N–H and O–H groups in total. The highest BCUT2D eigenvalue weighted by Crippen LogP contribution is 2.53. The molecule has 1 aromatic carbocycles. The predicted octanol–water partition coefficient (Wildman–Crippen LogP) is 7.15. The van der Waals surface area contributed by atoms with Gasteiger partial charge in [-0.05, 0) is 108 Å². The minimum absolute atomic E-state index is 0.353. The van der Waals surface area contributed by atoms with Crippen molar-refractivity contribution in [2.45, 2.75) is 59.3 Å². The van der Waals surface area contributed by atoms with Crippen molar-refractivity contribution in [3.63, 3.8) is 0 Å². The summed E-state index contributed by atoms with van der Waals surface area (Å²) in [5, 5.41) is 0. The van der Waals surface area contributed by atoms with Crippen LogP contribution in [-0.4, -0.2) is 0 Å². The standard InChI is InChI=1S/C27H30/c1-15-6-10-24-19(5)25-21(14-22(24)12-15)9-8-20-13-17(3)18(4)26(27(20)25)23-11-7-16(23)2/h6,10,12-14,16,23-24H,5,7-9,11H2,1-4H3. The summed E-state index contributed by atoms with van der Waals surface area (Å²) in [4.78, 5) is 0. The quantitative estimate of drug-likeness (QED) is 0.502. The Labute approximate surface area is 164 Å². The highest BCUT2D eigenvalue weighted by molar-refractivity contribution is 5.91. The Hall–Kier alpha value is -2.08. The van der Waals surface area contributed by atoms with Crippen LogP contribution in [0.25, 0.3) is 5.57 Å². The minimum atomic E-state index is 0.353. The van der Waals surface area contributed by atoms with E-state index in [0.29, 0.717) is 5.92 Å². The fourth-order valence-electron chi connectivity index (χ4n) is 5.70. The number of allylic oxidation sites excluding steroid dienone is 9. The summed E-state index contributed by atoms with van der Waals surface area (Å²) in [6.45, 7) is 13.9. The lowest BCUT2D eigenvalue weighted by Crippen LogP contribution is -2.26. The van der Waals surface area contributed by atoms with E-state index < -0.39 is 0 Å². The molecule has 0 bridgehead atoms. The third-order valence-electron chi connectivity index (χ3n) is 7.54. The van der Waals surface area contributed by atoms with Gasteiger partial charge in [-0.2, -0.15) is 0 Å². The van der Waals surface area contributed by atoms with Crippen molar-refractivity contribution in [3.8, 4) is 0 Å². The second kappa shape index (κ2) is 5.96. The molecule has 0 aliphatic heterocycles. The highest BCUT2D eigenvalue weighted by Gasteiger charge is 2.37. The number of fused-ring (bicyclic) bond motifs is 3. The van der Waals surface area contributed by atoms with Gasteiger partial charge in [0.05, 0.1) is 0 Å². The molecule has 1 aromatic rings. The van der Waals surface area contributed by atoms with Crippen molar-refractivity contribution < 1.29 is 0 Å². The van der Waals surface area contributed by atoms with E-state index in [2.05, 4.69) is 64.6 Å². The van der Waals surface area contributed by atoms with Crippen molar-refractivity contribution in [3.05, 3.63) is 87.1 Å². The zero-order chi connectivity index (χ0) is 18.9. The molecule has 0 heteroatoms. The maximum atomic E-state index is 4.64. The highest BCUT2D eigenvalue weighted by atomic mass is 14.4. The van der Waals surface area contributed by atoms with Crippen LogP contribution in [-0.2, 0) is 6.42 Å². The first-order valence-electron chi connectivity index (χ1n) is 10.6. The Bertz CT molecular complexity index is 989. The smallest absolute Gasteiger partial charge is 0.0273 e. The van der Waals surface area contributed by atoms with Crippen molar-refractivity contribution >= 4 is 5.57 Å². The summed E-state index contributed by atoms with van der Waals surface area (Å²) >= 11 is 0. The maximum Gasteiger partial charge on any atom is 0.0273 e. The second-order valence-corrected chi connectivity index (χ2v) is 9.22. The summed E-state index contributed by atoms with van der Waals surface area (Å²) in [6, 6.07) is 2.47. The summed E-state index contributed by atoms with van der Waals surface area (Å²) < 4.78 is 0. The topological polar surface area (TPSA) is 0 Å². The lowest BCUT2D eigenvalue weighted by molar-refractivity contribution is 0.279. The summed E-state index contributed by atoms with van der Waals surface area (Å²) in [6.07, 6.45) is 14.5. The van der Waals surface area contributed by atoms with Gasteiger partial charge < -0.3 is 0 Å². The lowest BCUT2D eigenvalue weighted by Gasteiger charge is -2.41. The molecule has 0 spiro atoms. The molecule has 27 heavy (non-hydrogen) atoms. The zero-order valence-electron chi connectivity index (χ0n) is 17.2. The van der Waals surface area contributed by atoms with Gasteiger partial charge in [0.15, 0.2) is 0 Å². The molecule has 4 aliphatic rings. The van der Waals surface area contributed by atoms with E-state index in [-0.39, 0.29) is 0 Å². The summed E-state index contributed by atoms with van der Waals surface area (Å²) in [5.74, 6) is 1.89. The average Bonchev–Trinajstić information content (AvgIpc) is 2.63. The largest absolute Gasteiger partial charge is 0.0943 e. The fourth-order valence-corrected chi connectivity index (χ4v) is 5.70. The molecule has 0 amide bonds. The SMILES string of the molecule is C=C1C2=C(C=C3C=C(C)C=CC13)CCc1cc(C)c(C)c(C3CCC3C)c12. The first-order valence-corrected chi connectivity index (χ1v) is 10.6. The van der Waals surface area contributed by atoms with Gasteiger partial charge in [-0.25, -0.2) is 0 Å². The predicted molar refractivity (Wildman–Crippen MR) is 116 cm³/mol. The Morgan fingerprint density at radius 2 is 1.85 bits per heavy atom. The van der Waals surface area contributed by atoms with E-state index in [0.717, 1.165) is 18.3 Å². The van der Waals surface area contributed by atoms with Crippen LogP contribution in [0.5, 0.6) is 0 Å². The van der Waals surface area contributed by atoms with Crippen molar-refractivity contribution in [1.29, 1.82) is 0 Å². The van der Waals surface area contributed by atoms with Gasteiger partial charge in [0.2, 0.25) is 0 Å². The molecule has 3 atom stereocenters. The number of hydrogen-bond acceptors (Lipinski definition) is 0. The number of hydrogen-bond donors (Lipinski definition) is 0. The van der Waals surface area contributed by atoms with Crippen LogP contribution in [0.1, 0.15) is 66.8 Å². The second-order valence-electron chi connectivity index (χ2n) is 9.22. The molecule has 1 fully saturated rings. The zero-order valence-corrected chi connectivity index (χ0v) is 17.2. The molecule has 0 aromatic heterocycles. The molecule has 3 unspecified atom stereocenters. The van der Waals surface area contributed by atoms with E-state index in [1.54, 1.807) is 16.7 Å². The molecule has 0 heterocycles. The minimum Gasteiger partial charge on any atom is -0.0943 e. The Kier molecular flexibility index (Phi) is 3.76. The van der Waals surface area contributed by atoms with E-state index >= 15 is 0 Å². The molecule has 4 aliphatic carbocycles. The Balaban J connectivity index is 1.76. The maximum absolute atomic E-state index is 4.64. The Morgan fingerprint density at radius 3 is 2.56 bits per heavy atom. The average molecular weight is 355 g/mol. The third-order valence-corrected chi connectivity index (χ3v) is 7.54.